The van der Waals surface area contributed by atoms with Gasteiger partial charge in [0.05, 0.1) is 5.69 Å². The zero-order valence-electron chi connectivity index (χ0n) is 10.0. The Labute approximate surface area is 121 Å². The van der Waals surface area contributed by atoms with Crippen LogP contribution in [0, 0.1) is 0 Å². The number of alkyl halides is 3. The second-order valence-corrected chi connectivity index (χ2v) is 4.69. The lowest BCUT2D eigenvalue weighted by molar-refractivity contribution is -0.274. The van der Waals surface area contributed by atoms with Crippen molar-refractivity contribution in [1.29, 1.82) is 0 Å². The number of ether oxygens (including phenoxy) is 2. The van der Waals surface area contributed by atoms with E-state index in [2.05, 4.69) is 25.7 Å². The van der Waals surface area contributed by atoms with Crippen LogP contribution in [-0.2, 0) is 6.61 Å². The van der Waals surface area contributed by atoms with Crippen LogP contribution < -0.4 is 9.47 Å². The minimum Gasteiger partial charge on any atom is -0.487 e. The SMILES string of the molecule is FC(F)(F)Oc1ccc(OCc2ccc(Br)cn2)cc1. The summed E-state index contributed by atoms with van der Waals surface area (Å²) in [6.07, 6.45) is -3.05. The first-order valence-electron chi connectivity index (χ1n) is 5.51. The van der Waals surface area contributed by atoms with E-state index >= 15 is 0 Å². The van der Waals surface area contributed by atoms with Crippen molar-refractivity contribution in [2.75, 3.05) is 0 Å². The maximum absolute atomic E-state index is 12.0. The highest BCUT2D eigenvalue weighted by Crippen LogP contribution is 2.25. The Morgan fingerprint density at radius 1 is 1.00 bits per heavy atom. The molecule has 0 aliphatic heterocycles. The number of nitrogens with zero attached hydrogens (tertiary/aromatic N) is 1. The molecule has 3 nitrogen and oxygen atoms in total. The Balaban J connectivity index is 1.92. The number of aromatic nitrogens is 1. The lowest BCUT2D eigenvalue weighted by atomic mass is 10.3. The first-order chi connectivity index (χ1) is 9.42. The third-order valence-electron chi connectivity index (χ3n) is 2.23. The van der Waals surface area contributed by atoms with Gasteiger partial charge in [-0.05, 0) is 52.3 Å². The Kier molecular flexibility index (Phi) is 4.49. The third kappa shape index (κ3) is 4.73. The van der Waals surface area contributed by atoms with Gasteiger partial charge in [0.2, 0.25) is 0 Å². The van der Waals surface area contributed by atoms with Crippen LogP contribution in [0.2, 0.25) is 0 Å². The van der Waals surface area contributed by atoms with E-state index in [9.17, 15) is 13.2 Å². The lowest BCUT2D eigenvalue weighted by Gasteiger charge is -2.10. The number of rotatable bonds is 4. The van der Waals surface area contributed by atoms with Crippen molar-refractivity contribution in [3.63, 3.8) is 0 Å². The summed E-state index contributed by atoms with van der Waals surface area (Å²) in [4.78, 5) is 4.11. The van der Waals surface area contributed by atoms with E-state index < -0.39 is 6.36 Å². The van der Waals surface area contributed by atoms with Crippen LogP contribution in [0.1, 0.15) is 5.69 Å². The smallest absolute Gasteiger partial charge is 0.487 e. The molecular formula is C13H9BrF3NO2. The van der Waals surface area contributed by atoms with Gasteiger partial charge in [-0.2, -0.15) is 0 Å². The van der Waals surface area contributed by atoms with Crippen molar-refractivity contribution in [2.24, 2.45) is 0 Å². The Hall–Kier alpha value is -1.76. The summed E-state index contributed by atoms with van der Waals surface area (Å²) in [5.74, 6) is 0.149. The average molecular weight is 348 g/mol. The van der Waals surface area contributed by atoms with Gasteiger partial charge in [-0.1, -0.05) is 0 Å². The molecule has 106 valence electrons. The zero-order chi connectivity index (χ0) is 14.6. The van der Waals surface area contributed by atoms with Crippen LogP contribution in [-0.4, -0.2) is 11.3 Å². The van der Waals surface area contributed by atoms with Crippen LogP contribution in [0.4, 0.5) is 13.2 Å². The molecule has 0 fully saturated rings. The van der Waals surface area contributed by atoms with Crippen LogP contribution in [0.5, 0.6) is 11.5 Å². The topological polar surface area (TPSA) is 31.4 Å². The van der Waals surface area contributed by atoms with E-state index in [1.165, 1.54) is 24.3 Å². The minimum absolute atomic E-state index is 0.229. The van der Waals surface area contributed by atoms with Gasteiger partial charge in [0.15, 0.2) is 0 Å². The molecule has 2 rings (SSSR count). The number of hydrogen-bond acceptors (Lipinski definition) is 3. The van der Waals surface area contributed by atoms with Crippen LogP contribution in [0.15, 0.2) is 47.1 Å². The van der Waals surface area contributed by atoms with E-state index in [-0.39, 0.29) is 12.4 Å². The number of halogens is 4. The summed E-state index contributed by atoms with van der Waals surface area (Å²) >= 11 is 3.26. The monoisotopic (exact) mass is 347 g/mol. The van der Waals surface area contributed by atoms with Gasteiger partial charge in [-0.15, -0.1) is 13.2 Å². The number of benzene rings is 1. The molecule has 0 atom stereocenters. The van der Waals surface area contributed by atoms with E-state index in [0.717, 1.165) is 4.47 Å². The second kappa shape index (κ2) is 6.13. The molecule has 0 saturated heterocycles. The van der Waals surface area contributed by atoms with E-state index in [4.69, 9.17) is 4.74 Å². The fraction of sp³-hybridized carbons (Fsp3) is 0.154. The minimum atomic E-state index is -4.69. The van der Waals surface area contributed by atoms with E-state index in [1.54, 1.807) is 12.3 Å². The predicted molar refractivity (Wildman–Crippen MR) is 69.4 cm³/mol. The summed E-state index contributed by atoms with van der Waals surface area (Å²) in [6.45, 7) is 0.229. The third-order valence-corrected chi connectivity index (χ3v) is 2.70. The van der Waals surface area contributed by atoms with Crippen molar-refractivity contribution in [3.05, 3.63) is 52.8 Å². The molecule has 1 heterocycles. The Morgan fingerprint density at radius 2 is 1.65 bits per heavy atom. The molecule has 0 spiro atoms. The summed E-state index contributed by atoms with van der Waals surface area (Å²) in [5.41, 5.74) is 0.712. The van der Waals surface area contributed by atoms with Crippen molar-refractivity contribution >= 4 is 15.9 Å². The molecule has 2 aromatic rings. The van der Waals surface area contributed by atoms with Gasteiger partial charge in [0.25, 0.3) is 0 Å². The van der Waals surface area contributed by atoms with E-state index in [1.807, 2.05) is 6.07 Å². The Morgan fingerprint density at radius 3 is 2.20 bits per heavy atom. The summed E-state index contributed by atoms with van der Waals surface area (Å²) in [5, 5.41) is 0. The largest absolute Gasteiger partial charge is 0.573 e. The normalized spacial score (nSPS) is 11.2. The van der Waals surface area contributed by atoms with Crippen molar-refractivity contribution in [3.8, 4) is 11.5 Å². The molecule has 1 aromatic heterocycles. The van der Waals surface area contributed by atoms with Gasteiger partial charge in [0.1, 0.15) is 18.1 Å². The maximum Gasteiger partial charge on any atom is 0.573 e. The van der Waals surface area contributed by atoms with Gasteiger partial charge in [-0.3, -0.25) is 4.98 Å². The van der Waals surface area contributed by atoms with Crippen LogP contribution in [0.25, 0.3) is 0 Å². The van der Waals surface area contributed by atoms with Gasteiger partial charge in [0, 0.05) is 10.7 Å². The van der Waals surface area contributed by atoms with Crippen molar-refractivity contribution < 1.29 is 22.6 Å². The summed E-state index contributed by atoms with van der Waals surface area (Å²) in [7, 11) is 0. The first kappa shape index (κ1) is 14.6. The highest BCUT2D eigenvalue weighted by Gasteiger charge is 2.30. The van der Waals surface area contributed by atoms with Crippen LogP contribution in [0.3, 0.4) is 0 Å². The summed E-state index contributed by atoms with van der Waals surface area (Å²) in [6, 6.07) is 8.80. The highest BCUT2D eigenvalue weighted by atomic mass is 79.9. The van der Waals surface area contributed by atoms with Gasteiger partial charge >= 0.3 is 6.36 Å². The molecule has 0 radical (unpaired) electrons. The summed E-state index contributed by atoms with van der Waals surface area (Å²) < 4.78 is 46.0. The molecule has 0 amide bonds. The van der Waals surface area contributed by atoms with E-state index in [0.29, 0.717) is 11.4 Å². The number of pyridine rings is 1. The lowest BCUT2D eigenvalue weighted by Crippen LogP contribution is -2.16. The molecule has 0 unspecified atom stereocenters. The average Bonchev–Trinajstić information content (AvgIpc) is 2.38. The molecule has 20 heavy (non-hydrogen) atoms. The van der Waals surface area contributed by atoms with Crippen molar-refractivity contribution in [2.45, 2.75) is 13.0 Å². The molecule has 0 bridgehead atoms. The molecule has 1 aromatic carbocycles. The molecule has 0 aliphatic carbocycles. The fourth-order valence-corrected chi connectivity index (χ4v) is 1.62. The molecular weight excluding hydrogens is 339 g/mol. The zero-order valence-corrected chi connectivity index (χ0v) is 11.6. The molecule has 0 aliphatic rings. The Bertz CT molecular complexity index is 555. The highest BCUT2D eigenvalue weighted by molar-refractivity contribution is 9.10. The predicted octanol–water partition coefficient (Wildman–Crippen LogP) is 4.32. The molecule has 7 heteroatoms. The van der Waals surface area contributed by atoms with Crippen molar-refractivity contribution in [1.82, 2.24) is 4.98 Å². The quantitative estimate of drug-likeness (QED) is 0.825. The standard InChI is InChI=1S/C13H9BrF3NO2/c14-9-1-2-10(18-7-9)8-19-11-3-5-12(6-4-11)20-13(15,16)17/h1-7H,8H2. The first-order valence-corrected chi connectivity index (χ1v) is 6.31. The number of hydrogen-bond donors (Lipinski definition) is 0. The second-order valence-electron chi connectivity index (χ2n) is 3.78. The fourth-order valence-electron chi connectivity index (χ4n) is 1.39. The molecule has 0 N–H and O–H groups in total. The maximum atomic E-state index is 12.0. The van der Waals surface area contributed by atoms with Crippen LogP contribution >= 0.6 is 15.9 Å². The molecule has 0 saturated carbocycles. The van der Waals surface area contributed by atoms with Gasteiger partial charge < -0.3 is 9.47 Å². The van der Waals surface area contributed by atoms with Gasteiger partial charge in [-0.25, -0.2) is 0 Å².